The minimum Gasteiger partial charge on any atom is -0.0842 e. The molecule has 0 nitrogen and oxygen atoms in total. The highest BCUT2D eigenvalue weighted by molar-refractivity contribution is 9.09. The maximum atomic E-state index is 3.85. The monoisotopic (exact) mass is 412 g/mol. The van der Waals surface area contributed by atoms with Crippen LogP contribution in [0.15, 0.2) is 108 Å². The summed E-state index contributed by atoms with van der Waals surface area (Å²) in [4.78, 5) is 0.407. The SMILES string of the molecule is BrC1C=CC2=C(C1)C(c1ccccc1)c1ccccc1C2c1ccccc1. The zero-order chi connectivity index (χ0) is 18.2. The van der Waals surface area contributed by atoms with Crippen LogP contribution in [0, 0.1) is 0 Å². The first-order chi connectivity index (χ1) is 13.3. The molecular weight excluding hydrogens is 392 g/mol. The van der Waals surface area contributed by atoms with Gasteiger partial charge in [-0.3, -0.25) is 0 Å². The van der Waals surface area contributed by atoms with Gasteiger partial charge in [0, 0.05) is 16.7 Å². The lowest BCUT2D eigenvalue weighted by Crippen LogP contribution is -2.23. The number of hydrogen-bond acceptors (Lipinski definition) is 0. The molecule has 0 heterocycles. The van der Waals surface area contributed by atoms with Crippen molar-refractivity contribution in [3.8, 4) is 0 Å². The molecule has 0 radical (unpaired) electrons. The van der Waals surface area contributed by atoms with Gasteiger partial charge in [-0.25, -0.2) is 0 Å². The highest BCUT2D eigenvalue weighted by Crippen LogP contribution is 2.51. The molecule has 0 bridgehead atoms. The van der Waals surface area contributed by atoms with Crippen LogP contribution < -0.4 is 0 Å². The number of allylic oxidation sites excluding steroid dienone is 4. The van der Waals surface area contributed by atoms with Gasteiger partial charge in [0.05, 0.1) is 0 Å². The smallest absolute Gasteiger partial charge is 0.0366 e. The van der Waals surface area contributed by atoms with Crippen molar-refractivity contribution in [3.05, 3.63) is 130 Å². The van der Waals surface area contributed by atoms with E-state index in [0.717, 1.165) is 6.42 Å². The minimum absolute atomic E-state index is 0.314. The highest BCUT2D eigenvalue weighted by atomic mass is 79.9. The Balaban J connectivity index is 1.78. The number of fused-ring (bicyclic) bond motifs is 1. The fourth-order valence-corrected chi connectivity index (χ4v) is 5.20. The lowest BCUT2D eigenvalue weighted by molar-refractivity contribution is 0.748. The normalized spacial score (nSPS) is 23.7. The molecule has 0 saturated heterocycles. The van der Waals surface area contributed by atoms with E-state index >= 15 is 0 Å². The zero-order valence-corrected chi connectivity index (χ0v) is 16.6. The molecule has 2 aliphatic carbocycles. The van der Waals surface area contributed by atoms with Gasteiger partial charge in [0.2, 0.25) is 0 Å². The second-order valence-electron chi connectivity index (χ2n) is 7.38. The summed E-state index contributed by atoms with van der Waals surface area (Å²) in [5.41, 5.74) is 8.68. The molecule has 0 aliphatic heterocycles. The third-order valence-electron chi connectivity index (χ3n) is 5.81. The topological polar surface area (TPSA) is 0 Å². The molecule has 3 aromatic carbocycles. The van der Waals surface area contributed by atoms with Gasteiger partial charge in [-0.2, -0.15) is 0 Å². The minimum atomic E-state index is 0.314. The van der Waals surface area contributed by atoms with Crippen LogP contribution in [0.2, 0.25) is 0 Å². The Morgan fingerprint density at radius 1 is 0.630 bits per heavy atom. The number of alkyl halides is 1. The Bertz CT molecular complexity index is 1010. The van der Waals surface area contributed by atoms with Crippen LogP contribution in [-0.2, 0) is 0 Å². The van der Waals surface area contributed by atoms with E-state index in [0.29, 0.717) is 16.7 Å². The van der Waals surface area contributed by atoms with Gasteiger partial charge in [0.15, 0.2) is 0 Å². The first-order valence-electron chi connectivity index (χ1n) is 9.57. The van der Waals surface area contributed by atoms with Crippen LogP contribution in [0.25, 0.3) is 0 Å². The van der Waals surface area contributed by atoms with Gasteiger partial charge in [-0.1, -0.05) is 119 Å². The molecule has 27 heavy (non-hydrogen) atoms. The van der Waals surface area contributed by atoms with Crippen molar-refractivity contribution in [3.63, 3.8) is 0 Å². The molecule has 0 fully saturated rings. The average molecular weight is 413 g/mol. The fraction of sp³-hybridized carbons (Fsp3) is 0.154. The molecular formula is C26H21Br. The standard InChI is InChI=1S/C26H21Br/c27-20-15-16-23-24(17-20)26(19-11-5-2-6-12-19)22-14-8-7-13-21(22)25(23)18-9-3-1-4-10-18/h1-16,20,25-26H,17H2. The predicted molar refractivity (Wildman–Crippen MR) is 117 cm³/mol. The third kappa shape index (κ3) is 2.91. The summed E-state index contributed by atoms with van der Waals surface area (Å²) in [6.07, 6.45) is 5.73. The van der Waals surface area contributed by atoms with Crippen LogP contribution in [0.1, 0.15) is 40.5 Å². The Morgan fingerprint density at radius 2 is 1.15 bits per heavy atom. The molecule has 1 heteroatoms. The van der Waals surface area contributed by atoms with Crippen LogP contribution in [0.3, 0.4) is 0 Å². The molecule has 3 aromatic rings. The summed E-state index contributed by atoms with van der Waals surface area (Å²) in [6, 6.07) is 30.9. The molecule has 3 atom stereocenters. The van der Waals surface area contributed by atoms with Crippen molar-refractivity contribution < 1.29 is 0 Å². The van der Waals surface area contributed by atoms with Gasteiger partial charge < -0.3 is 0 Å². The maximum Gasteiger partial charge on any atom is 0.0366 e. The lowest BCUT2D eigenvalue weighted by Gasteiger charge is -2.38. The van der Waals surface area contributed by atoms with Gasteiger partial charge in [-0.05, 0) is 34.2 Å². The van der Waals surface area contributed by atoms with Crippen molar-refractivity contribution in [1.29, 1.82) is 0 Å². The van der Waals surface area contributed by atoms with Crippen LogP contribution in [-0.4, -0.2) is 4.83 Å². The summed E-state index contributed by atoms with van der Waals surface area (Å²) in [5, 5.41) is 0. The molecule has 3 unspecified atom stereocenters. The molecule has 0 spiro atoms. The first kappa shape index (κ1) is 16.8. The third-order valence-corrected chi connectivity index (χ3v) is 6.44. The highest BCUT2D eigenvalue weighted by Gasteiger charge is 2.36. The number of hydrogen-bond donors (Lipinski definition) is 0. The Kier molecular flexibility index (Phi) is 4.33. The van der Waals surface area contributed by atoms with Crippen molar-refractivity contribution in [2.45, 2.75) is 23.1 Å². The molecule has 5 rings (SSSR count). The van der Waals surface area contributed by atoms with E-state index in [1.54, 1.807) is 5.57 Å². The van der Waals surface area contributed by atoms with Crippen LogP contribution in [0.5, 0.6) is 0 Å². The van der Waals surface area contributed by atoms with Crippen LogP contribution in [0.4, 0.5) is 0 Å². The molecule has 0 aromatic heterocycles. The maximum absolute atomic E-state index is 3.85. The van der Waals surface area contributed by atoms with E-state index in [4.69, 9.17) is 0 Å². The molecule has 132 valence electrons. The van der Waals surface area contributed by atoms with Gasteiger partial charge in [0.25, 0.3) is 0 Å². The van der Waals surface area contributed by atoms with Crippen molar-refractivity contribution >= 4 is 15.9 Å². The summed E-state index contributed by atoms with van der Waals surface area (Å²) < 4.78 is 0. The van der Waals surface area contributed by atoms with E-state index in [1.165, 1.54) is 27.8 Å². The second kappa shape index (κ2) is 6.98. The Labute approximate surface area is 169 Å². The Morgan fingerprint density at radius 3 is 1.78 bits per heavy atom. The number of benzene rings is 3. The summed E-state index contributed by atoms with van der Waals surface area (Å²) in [5.74, 6) is 0.649. The largest absolute Gasteiger partial charge is 0.0842 e. The zero-order valence-electron chi connectivity index (χ0n) is 15.1. The Hall–Kier alpha value is -2.38. The summed E-state index contributed by atoms with van der Waals surface area (Å²) in [7, 11) is 0. The second-order valence-corrected chi connectivity index (χ2v) is 8.55. The molecule has 2 aliphatic rings. The van der Waals surface area contributed by atoms with E-state index in [1.807, 2.05) is 0 Å². The first-order valence-corrected chi connectivity index (χ1v) is 10.5. The van der Waals surface area contributed by atoms with E-state index in [9.17, 15) is 0 Å². The van der Waals surface area contributed by atoms with Gasteiger partial charge in [0.1, 0.15) is 0 Å². The van der Waals surface area contributed by atoms with Crippen molar-refractivity contribution in [1.82, 2.24) is 0 Å². The summed E-state index contributed by atoms with van der Waals surface area (Å²) in [6.45, 7) is 0. The fourth-order valence-electron chi connectivity index (χ4n) is 4.70. The van der Waals surface area contributed by atoms with Crippen molar-refractivity contribution in [2.24, 2.45) is 0 Å². The van der Waals surface area contributed by atoms with E-state index < -0.39 is 0 Å². The number of halogens is 1. The lowest BCUT2D eigenvalue weighted by atomic mass is 9.66. The van der Waals surface area contributed by atoms with Gasteiger partial charge in [-0.15, -0.1) is 0 Å². The quantitative estimate of drug-likeness (QED) is 0.398. The predicted octanol–water partition coefficient (Wildman–Crippen LogP) is 6.98. The van der Waals surface area contributed by atoms with Gasteiger partial charge >= 0.3 is 0 Å². The molecule has 0 saturated carbocycles. The van der Waals surface area contributed by atoms with E-state index in [2.05, 4.69) is 113 Å². The average Bonchev–Trinajstić information content (AvgIpc) is 2.73. The molecule has 0 amide bonds. The van der Waals surface area contributed by atoms with Crippen molar-refractivity contribution in [2.75, 3.05) is 0 Å². The number of rotatable bonds is 2. The summed E-state index contributed by atoms with van der Waals surface area (Å²) >= 11 is 3.85. The van der Waals surface area contributed by atoms with Crippen LogP contribution >= 0.6 is 15.9 Å². The van der Waals surface area contributed by atoms with E-state index in [-0.39, 0.29) is 0 Å². The molecule has 0 N–H and O–H groups in total.